The van der Waals surface area contributed by atoms with Crippen LogP contribution in [0.15, 0.2) is 77.7 Å². The van der Waals surface area contributed by atoms with Gasteiger partial charge in [-0.15, -0.1) is 0 Å². The van der Waals surface area contributed by atoms with Crippen LogP contribution >= 0.6 is 0 Å². The number of benzene rings is 3. The number of hydrogen-bond donors (Lipinski definition) is 1. The van der Waals surface area contributed by atoms with Crippen LogP contribution in [0.2, 0.25) is 0 Å². The predicted octanol–water partition coefficient (Wildman–Crippen LogP) is 0.140. The molecule has 108 valence electrons. The Balaban J connectivity index is 0.000000258. The third-order valence-corrected chi connectivity index (χ3v) is 3.67. The third kappa shape index (κ3) is 5.12. The van der Waals surface area contributed by atoms with E-state index in [1.165, 1.54) is 6.07 Å². The average Bonchev–Trinajstić information content (AvgIpc) is 2.47. The molecule has 0 aliphatic heterocycles. The van der Waals surface area contributed by atoms with Crippen molar-refractivity contribution in [1.29, 1.82) is 0 Å². The maximum absolute atomic E-state index is 10.9. The molecule has 0 bridgehead atoms. The molecule has 6 heteroatoms. The fourth-order valence-electron chi connectivity index (χ4n) is 1.84. The number of phenolic OH excluding ortho intramolecular Hbond substituents is 1. The van der Waals surface area contributed by atoms with Crippen molar-refractivity contribution in [3.05, 3.63) is 72.8 Å². The van der Waals surface area contributed by atoms with Crippen LogP contribution in [0.1, 0.15) is 0 Å². The zero-order valence-corrected chi connectivity index (χ0v) is 14.8. The van der Waals surface area contributed by atoms with Crippen LogP contribution in [-0.2, 0) is 10.1 Å². The van der Waals surface area contributed by atoms with Gasteiger partial charge in [0.05, 0.1) is 4.90 Å². The molecule has 0 unspecified atom stereocenters. The average molecular weight is 324 g/mol. The van der Waals surface area contributed by atoms with Gasteiger partial charge in [0.15, 0.2) is 0 Å². The van der Waals surface area contributed by atoms with Gasteiger partial charge >= 0.3 is 29.6 Å². The normalized spacial score (nSPS) is 10.2. The van der Waals surface area contributed by atoms with Gasteiger partial charge in [-0.25, -0.2) is 8.42 Å². The molecular weight excluding hydrogens is 311 g/mol. The smallest absolute Gasteiger partial charge is 0.744 e. The summed E-state index contributed by atoms with van der Waals surface area (Å²) < 4.78 is 32.7. The maximum Gasteiger partial charge on any atom is 1.00 e. The van der Waals surface area contributed by atoms with Crippen molar-refractivity contribution < 1.29 is 47.6 Å². The SMILES string of the molecule is O=S(=O)([O-])c1cccc2ccccc12.Oc1ccccc1.[Na+]. The van der Waals surface area contributed by atoms with Crippen LogP contribution in [0, 0.1) is 0 Å². The van der Waals surface area contributed by atoms with Crippen LogP contribution in [-0.4, -0.2) is 18.1 Å². The summed E-state index contributed by atoms with van der Waals surface area (Å²) >= 11 is 0. The van der Waals surface area contributed by atoms with E-state index in [2.05, 4.69) is 0 Å². The van der Waals surface area contributed by atoms with Gasteiger partial charge in [0.25, 0.3) is 0 Å². The summed E-state index contributed by atoms with van der Waals surface area (Å²) in [4.78, 5) is -0.157. The van der Waals surface area contributed by atoms with Gasteiger partial charge in [-0.05, 0) is 29.0 Å². The van der Waals surface area contributed by atoms with E-state index in [9.17, 15) is 13.0 Å². The third-order valence-electron chi connectivity index (χ3n) is 2.78. The summed E-state index contributed by atoms with van der Waals surface area (Å²) in [5, 5.41) is 9.86. The molecule has 0 saturated carbocycles. The number of para-hydroxylation sites is 1. The van der Waals surface area contributed by atoms with E-state index in [0.29, 0.717) is 11.1 Å². The van der Waals surface area contributed by atoms with Crippen molar-refractivity contribution in [2.24, 2.45) is 0 Å². The largest absolute Gasteiger partial charge is 1.00 e. The summed E-state index contributed by atoms with van der Waals surface area (Å²) in [6.07, 6.45) is 0. The van der Waals surface area contributed by atoms with Crippen molar-refractivity contribution in [2.45, 2.75) is 4.90 Å². The topological polar surface area (TPSA) is 77.4 Å². The number of aromatic hydroxyl groups is 1. The molecule has 3 rings (SSSR count). The summed E-state index contributed by atoms with van der Waals surface area (Å²) in [7, 11) is -4.38. The standard InChI is InChI=1S/C10H8O3S.C6H6O.Na/c11-14(12,13)10-7-3-5-8-4-1-2-6-9(8)10;7-6-4-2-1-3-5-6;/h1-7H,(H,11,12,13);1-5,7H;/q;;+1/p-1. The molecule has 0 radical (unpaired) electrons. The molecule has 0 aromatic heterocycles. The van der Waals surface area contributed by atoms with Crippen molar-refractivity contribution in [3.63, 3.8) is 0 Å². The second-order valence-electron chi connectivity index (χ2n) is 4.27. The van der Waals surface area contributed by atoms with Crippen molar-refractivity contribution in [1.82, 2.24) is 0 Å². The van der Waals surface area contributed by atoms with Crippen molar-refractivity contribution >= 4 is 20.9 Å². The van der Waals surface area contributed by atoms with E-state index in [1.807, 2.05) is 6.07 Å². The molecule has 0 aliphatic carbocycles. The summed E-state index contributed by atoms with van der Waals surface area (Å²) in [5.41, 5.74) is 0. The molecule has 22 heavy (non-hydrogen) atoms. The molecule has 3 aromatic carbocycles. The van der Waals surface area contributed by atoms with Crippen LogP contribution in [0.5, 0.6) is 5.75 Å². The number of hydrogen-bond acceptors (Lipinski definition) is 4. The number of rotatable bonds is 1. The van der Waals surface area contributed by atoms with Crippen LogP contribution in [0.3, 0.4) is 0 Å². The quantitative estimate of drug-likeness (QED) is 0.510. The van der Waals surface area contributed by atoms with Gasteiger partial charge in [0, 0.05) is 0 Å². The van der Waals surface area contributed by atoms with Crippen LogP contribution in [0.25, 0.3) is 10.8 Å². The van der Waals surface area contributed by atoms with Crippen molar-refractivity contribution in [2.75, 3.05) is 0 Å². The zero-order valence-electron chi connectivity index (χ0n) is 12.0. The summed E-state index contributed by atoms with van der Waals surface area (Å²) in [5.74, 6) is 0.322. The van der Waals surface area contributed by atoms with Gasteiger partial charge in [0.1, 0.15) is 15.9 Å². The molecule has 0 spiro atoms. The Morgan fingerprint density at radius 3 is 1.86 bits per heavy atom. The van der Waals surface area contributed by atoms with E-state index >= 15 is 0 Å². The Morgan fingerprint density at radius 1 is 0.773 bits per heavy atom. The van der Waals surface area contributed by atoms with Crippen LogP contribution < -0.4 is 29.6 Å². The van der Waals surface area contributed by atoms with Gasteiger partial charge in [-0.2, -0.15) is 0 Å². The number of fused-ring (bicyclic) bond motifs is 1. The molecule has 0 fully saturated rings. The molecule has 3 aromatic rings. The van der Waals surface area contributed by atoms with Gasteiger partial charge in [0.2, 0.25) is 0 Å². The van der Waals surface area contributed by atoms with E-state index in [1.54, 1.807) is 60.7 Å². The second kappa shape index (κ2) is 8.31. The Hall–Kier alpha value is -1.37. The Bertz CT molecular complexity index is 828. The van der Waals surface area contributed by atoms with E-state index < -0.39 is 10.1 Å². The maximum atomic E-state index is 10.9. The van der Waals surface area contributed by atoms with E-state index in [0.717, 1.165) is 5.39 Å². The van der Waals surface area contributed by atoms with Crippen molar-refractivity contribution in [3.8, 4) is 5.75 Å². The minimum atomic E-state index is -4.38. The summed E-state index contributed by atoms with van der Waals surface area (Å²) in [6.45, 7) is 0. The Morgan fingerprint density at radius 2 is 1.32 bits per heavy atom. The van der Waals surface area contributed by atoms with E-state index in [4.69, 9.17) is 5.11 Å². The first-order valence-electron chi connectivity index (χ1n) is 6.16. The van der Waals surface area contributed by atoms with Gasteiger partial charge in [-0.1, -0.05) is 54.6 Å². The molecule has 0 amide bonds. The van der Waals surface area contributed by atoms with Crippen LogP contribution in [0.4, 0.5) is 0 Å². The molecular formula is C16H13NaO4S. The monoisotopic (exact) mass is 324 g/mol. The molecule has 0 atom stereocenters. The fourth-order valence-corrected chi connectivity index (χ4v) is 2.54. The fraction of sp³-hybridized carbons (Fsp3) is 0. The minimum absolute atomic E-state index is 0. The van der Waals surface area contributed by atoms with Gasteiger partial charge < -0.3 is 9.66 Å². The molecule has 0 heterocycles. The predicted molar refractivity (Wildman–Crippen MR) is 80.0 cm³/mol. The molecule has 4 nitrogen and oxygen atoms in total. The first-order valence-corrected chi connectivity index (χ1v) is 7.57. The first kappa shape index (κ1) is 18.7. The van der Waals surface area contributed by atoms with E-state index in [-0.39, 0.29) is 34.5 Å². The second-order valence-corrected chi connectivity index (χ2v) is 5.62. The Labute approximate surface area is 151 Å². The zero-order chi connectivity index (χ0) is 15.3. The summed E-state index contributed by atoms with van der Waals surface area (Å²) in [6, 6.07) is 20.3. The Kier molecular flexibility index (Phi) is 7.06. The first-order chi connectivity index (χ1) is 9.98. The molecule has 0 saturated heterocycles. The minimum Gasteiger partial charge on any atom is -0.744 e. The molecule has 1 N–H and O–H groups in total. The number of phenols is 1. The molecule has 0 aliphatic rings. The van der Waals surface area contributed by atoms with Gasteiger partial charge in [-0.3, -0.25) is 0 Å².